The Morgan fingerprint density at radius 3 is 2.60 bits per heavy atom. The number of allylic oxidation sites excluding steroid dienone is 1. The van der Waals surface area contributed by atoms with E-state index in [4.69, 9.17) is 18.9 Å². The number of para-hydroxylation sites is 1. The van der Waals surface area contributed by atoms with Gasteiger partial charge in [0.05, 0.1) is 42.2 Å². The summed E-state index contributed by atoms with van der Waals surface area (Å²) in [6.45, 7) is 10.3. The highest BCUT2D eigenvalue weighted by Gasteiger charge is 2.35. The maximum Gasteiger partial charge on any atom is 0.338 e. The van der Waals surface area contributed by atoms with Gasteiger partial charge in [-0.05, 0) is 64.0 Å². The van der Waals surface area contributed by atoms with Crippen molar-refractivity contribution >= 4 is 23.4 Å². The molecule has 212 valence electrons. The molecule has 1 aliphatic heterocycles. The fourth-order valence-corrected chi connectivity index (χ4v) is 5.57. The van der Waals surface area contributed by atoms with Crippen LogP contribution in [0.25, 0.3) is 6.08 Å². The molecule has 0 saturated heterocycles. The fraction of sp³-hybridized carbons (Fsp3) is 0.387. The molecule has 2 aromatic carbocycles. The van der Waals surface area contributed by atoms with Gasteiger partial charge in [0.1, 0.15) is 11.8 Å². The normalized spacial score (nSPS) is 15.1. The number of hydrogen-bond donors (Lipinski definition) is 0. The first-order chi connectivity index (χ1) is 19.3. The van der Waals surface area contributed by atoms with Crippen LogP contribution in [0.3, 0.4) is 0 Å². The fourth-order valence-electron chi connectivity index (χ4n) is 4.52. The molecular weight excluding hydrogens is 528 g/mol. The number of methoxy groups -OCH3 is 1. The van der Waals surface area contributed by atoms with Gasteiger partial charge in [-0.25, -0.2) is 9.79 Å². The van der Waals surface area contributed by atoms with E-state index in [1.165, 1.54) is 11.3 Å². The molecule has 8 nitrogen and oxygen atoms in total. The first-order valence-corrected chi connectivity index (χ1v) is 14.4. The average Bonchev–Trinajstić information content (AvgIpc) is 3.22. The maximum absolute atomic E-state index is 14.0. The van der Waals surface area contributed by atoms with Gasteiger partial charge >= 0.3 is 5.97 Å². The second-order valence-electron chi connectivity index (χ2n) is 9.62. The molecule has 1 atom stereocenters. The molecule has 0 N–H and O–H groups in total. The molecule has 1 aliphatic rings. The number of benzene rings is 2. The van der Waals surface area contributed by atoms with E-state index in [2.05, 4.69) is 11.9 Å². The summed E-state index contributed by atoms with van der Waals surface area (Å²) in [5, 5.41) is 0. The van der Waals surface area contributed by atoms with Crippen LogP contribution in [0.15, 0.2) is 63.5 Å². The molecule has 0 saturated carbocycles. The Morgan fingerprint density at radius 1 is 1.12 bits per heavy atom. The van der Waals surface area contributed by atoms with E-state index in [0.29, 0.717) is 50.0 Å². The van der Waals surface area contributed by atoms with Crippen molar-refractivity contribution in [2.24, 2.45) is 4.99 Å². The Kier molecular flexibility index (Phi) is 9.47. The highest BCUT2D eigenvalue weighted by atomic mass is 32.1. The van der Waals surface area contributed by atoms with Crippen LogP contribution in [0.4, 0.5) is 0 Å². The first-order valence-electron chi connectivity index (χ1n) is 13.5. The van der Waals surface area contributed by atoms with Gasteiger partial charge in [-0.2, -0.15) is 0 Å². The molecule has 0 spiro atoms. The lowest BCUT2D eigenvalue weighted by Crippen LogP contribution is -2.40. The number of carbonyl (C=O) groups is 1. The summed E-state index contributed by atoms with van der Waals surface area (Å²) in [6, 6.07) is 12.3. The van der Waals surface area contributed by atoms with E-state index < -0.39 is 12.0 Å². The topological polar surface area (TPSA) is 88.4 Å². The lowest BCUT2D eigenvalue weighted by Gasteiger charge is -2.26. The Morgan fingerprint density at radius 2 is 1.90 bits per heavy atom. The van der Waals surface area contributed by atoms with Crippen molar-refractivity contribution in [1.29, 1.82) is 0 Å². The van der Waals surface area contributed by atoms with Crippen LogP contribution in [-0.2, 0) is 9.53 Å². The van der Waals surface area contributed by atoms with Crippen LogP contribution in [0.1, 0.15) is 64.6 Å². The van der Waals surface area contributed by atoms with E-state index in [-0.39, 0.29) is 18.3 Å². The molecule has 1 aromatic heterocycles. The van der Waals surface area contributed by atoms with Crippen LogP contribution in [0.5, 0.6) is 17.2 Å². The third-order valence-corrected chi connectivity index (χ3v) is 7.32. The second-order valence-corrected chi connectivity index (χ2v) is 10.6. The van der Waals surface area contributed by atoms with Crippen LogP contribution in [-0.4, -0.2) is 37.0 Å². The Labute approximate surface area is 238 Å². The first kappa shape index (κ1) is 29.1. The van der Waals surface area contributed by atoms with Crippen LogP contribution >= 0.6 is 11.3 Å². The minimum Gasteiger partial charge on any atom is -0.493 e. The number of rotatable bonds is 11. The van der Waals surface area contributed by atoms with E-state index in [1.807, 2.05) is 56.3 Å². The molecule has 2 heterocycles. The molecule has 9 heteroatoms. The number of thiazole rings is 1. The number of hydrogen-bond acceptors (Lipinski definition) is 8. The Balaban J connectivity index is 1.87. The standard InChI is InChI=1S/C31H36N2O6S/c1-7-9-16-38-24-15-14-21(17-25(24)36-6)18-26-29(34)33-28(22-12-10-11-13-23(22)39-19(3)4)27(30(35)37-8-2)20(5)32-31(33)40-26/h10-15,17-19,28H,7-9,16H2,1-6H3/b26-18+/t28-/m1/s1. The summed E-state index contributed by atoms with van der Waals surface area (Å²) in [4.78, 5) is 32.4. The summed E-state index contributed by atoms with van der Waals surface area (Å²) in [5.74, 6) is 1.34. The average molecular weight is 565 g/mol. The summed E-state index contributed by atoms with van der Waals surface area (Å²) in [7, 11) is 1.59. The highest BCUT2D eigenvalue weighted by Crippen LogP contribution is 2.36. The molecular formula is C31H36N2O6S. The number of nitrogens with zero attached hydrogens (tertiary/aromatic N) is 2. The summed E-state index contributed by atoms with van der Waals surface area (Å²) in [6.07, 6.45) is 3.69. The lowest BCUT2D eigenvalue weighted by atomic mass is 9.95. The molecule has 4 rings (SSSR count). The van der Waals surface area contributed by atoms with E-state index >= 15 is 0 Å². The number of aromatic nitrogens is 1. The largest absolute Gasteiger partial charge is 0.493 e. The quantitative estimate of drug-likeness (QED) is 0.246. The van der Waals surface area contributed by atoms with Gasteiger partial charge in [0, 0.05) is 5.56 Å². The number of ether oxygens (including phenoxy) is 4. The minimum atomic E-state index is -0.753. The summed E-state index contributed by atoms with van der Waals surface area (Å²) < 4.78 is 25.0. The van der Waals surface area contributed by atoms with Gasteiger partial charge in [0.15, 0.2) is 16.3 Å². The molecule has 0 amide bonds. The van der Waals surface area contributed by atoms with Gasteiger partial charge in [0.2, 0.25) is 0 Å². The number of fused-ring (bicyclic) bond motifs is 1. The van der Waals surface area contributed by atoms with Crippen LogP contribution < -0.4 is 29.1 Å². The van der Waals surface area contributed by atoms with Crippen molar-refractivity contribution in [2.45, 2.75) is 59.6 Å². The van der Waals surface area contributed by atoms with Crippen molar-refractivity contribution in [3.63, 3.8) is 0 Å². The zero-order chi connectivity index (χ0) is 28.8. The number of esters is 1. The number of unbranched alkanes of at least 4 members (excludes halogenated alkanes) is 1. The highest BCUT2D eigenvalue weighted by molar-refractivity contribution is 7.07. The SMILES string of the molecule is CCCCOc1ccc(/C=c2/sc3n(c2=O)[C@H](c2ccccc2OC(C)C)C(C(=O)OCC)=C(C)N=3)cc1OC. The van der Waals surface area contributed by atoms with Gasteiger partial charge in [-0.1, -0.05) is 48.9 Å². The Bertz CT molecular complexity index is 1580. The molecule has 0 radical (unpaired) electrons. The van der Waals surface area contributed by atoms with Gasteiger partial charge in [-0.3, -0.25) is 9.36 Å². The van der Waals surface area contributed by atoms with Crippen molar-refractivity contribution in [3.8, 4) is 17.2 Å². The van der Waals surface area contributed by atoms with E-state index in [9.17, 15) is 9.59 Å². The molecule has 3 aromatic rings. The second kappa shape index (κ2) is 13.0. The predicted octanol–water partition coefficient (Wildman–Crippen LogP) is 4.77. The van der Waals surface area contributed by atoms with E-state index in [1.54, 1.807) is 31.6 Å². The predicted molar refractivity (Wildman–Crippen MR) is 156 cm³/mol. The van der Waals surface area contributed by atoms with Gasteiger partial charge in [0.25, 0.3) is 5.56 Å². The van der Waals surface area contributed by atoms with E-state index in [0.717, 1.165) is 18.4 Å². The minimum absolute atomic E-state index is 0.1000. The van der Waals surface area contributed by atoms with Gasteiger partial charge in [-0.15, -0.1) is 0 Å². The van der Waals surface area contributed by atoms with Crippen LogP contribution in [0.2, 0.25) is 0 Å². The molecule has 40 heavy (non-hydrogen) atoms. The van der Waals surface area contributed by atoms with Gasteiger partial charge < -0.3 is 18.9 Å². The van der Waals surface area contributed by atoms with Crippen molar-refractivity contribution in [2.75, 3.05) is 20.3 Å². The zero-order valence-corrected chi connectivity index (χ0v) is 24.7. The lowest BCUT2D eigenvalue weighted by molar-refractivity contribution is -0.139. The zero-order valence-electron chi connectivity index (χ0n) is 23.9. The van der Waals surface area contributed by atoms with Crippen molar-refractivity contribution in [3.05, 3.63) is 84.5 Å². The maximum atomic E-state index is 14.0. The molecule has 0 aliphatic carbocycles. The third-order valence-electron chi connectivity index (χ3n) is 6.33. The molecule has 0 fully saturated rings. The third kappa shape index (κ3) is 6.14. The smallest absolute Gasteiger partial charge is 0.338 e. The number of carbonyl (C=O) groups excluding carboxylic acids is 1. The Hall–Kier alpha value is -3.85. The molecule has 0 unspecified atom stereocenters. The summed E-state index contributed by atoms with van der Waals surface area (Å²) in [5.41, 5.74) is 2.04. The van der Waals surface area contributed by atoms with Crippen LogP contribution in [0, 0.1) is 0 Å². The monoisotopic (exact) mass is 564 g/mol. The van der Waals surface area contributed by atoms with Crippen molar-refractivity contribution < 1.29 is 23.7 Å². The van der Waals surface area contributed by atoms with Crippen molar-refractivity contribution in [1.82, 2.24) is 4.57 Å². The molecule has 0 bridgehead atoms. The summed E-state index contributed by atoms with van der Waals surface area (Å²) >= 11 is 1.27.